The number of hydrogen-bond acceptors (Lipinski definition) is 2. The number of carbonyl (C=O) groups is 1. The van der Waals surface area contributed by atoms with E-state index in [-0.39, 0.29) is 11.6 Å². The Morgan fingerprint density at radius 1 is 1.44 bits per heavy atom. The van der Waals surface area contributed by atoms with Gasteiger partial charge in [-0.05, 0) is 25.7 Å². The summed E-state index contributed by atoms with van der Waals surface area (Å²) in [6, 6.07) is 0.295. The fourth-order valence-corrected chi connectivity index (χ4v) is 3.96. The molecule has 0 spiro atoms. The van der Waals surface area contributed by atoms with Gasteiger partial charge in [0.2, 0.25) is 5.91 Å². The predicted octanol–water partition coefficient (Wildman–Crippen LogP) is 2.02. The van der Waals surface area contributed by atoms with E-state index >= 15 is 0 Å². The monoisotopic (exact) mass is 223 g/mol. The Labute approximate surface area is 97.1 Å². The van der Waals surface area contributed by atoms with Crippen LogP contribution in [0.15, 0.2) is 0 Å². The molecule has 16 heavy (non-hydrogen) atoms. The van der Waals surface area contributed by atoms with Gasteiger partial charge >= 0.3 is 0 Å². The molecule has 0 aromatic heterocycles. The fourth-order valence-electron chi connectivity index (χ4n) is 3.96. The molecule has 0 radical (unpaired) electrons. The maximum atomic E-state index is 12.4. The van der Waals surface area contributed by atoms with E-state index in [4.69, 9.17) is 4.74 Å². The minimum absolute atomic E-state index is 0.256. The summed E-state index contributed by atoms with van der Waals surface area (Å²) in [6.07, 6.45) is 3.43. The molecule has 0 aromatic carbocycles. The summed E-state index contributed by atoms with van der Waals surface area (Å²) in [6.45, 7) is 7.22. The quantitative estimate of drug-likeness (QED) is 0.680. The van der Waals surface area contributed by atoms with Crippen molar-refractivity contribution in [3.05, 3.63) is 0 Å². The molecule has 1 saturated carbocycles. The molecular formula is C13H21NO2. The SMILES string of the molecule is CC(C)[C@H]1CO[C@]2(C)[C@H]3CCC[C@H]3C(=O)N12. The smallest absolute Gasteiger partial charge is 0.228 e. The fraction of sp³-hybridized carbons (Fsp3) is 0.923. The summed E-state index contributed by atoms with van der Waals surface area (Å²) in [5, 5.41) is 0. The van der Waals surface area contributed by atoms with Crippen LogP contribution in [0.5, 0.6) is 0 Å². The highest BCUT2D eigenvalue weighted by molar-refractivity contribution is 5.83. The average Bonchev–Trinajstić information content (AvgIpc) is 2.83. The Hall–Kier alpha value is -0.570. The maximum absolute atomic E-state index is 12.4. The van der Waals surface area contributed by atoms with Crippen LogP contribution in [0.4, 0.5) is 0 Å². The molecule has 2 saturated heterocycles. The van der Waals surface area contributed by atoms with E-state index in [0.717, 1.165) is 19.4 Å². The Bertz CT molecular complexity index is 328. The van der Waals surface area contributed by atoms with Crippen LogP contribution in [0.1, 0.15) is 40.0 Å². The lowest BCUT2D eigenvalue weighted by Crippen LogP contribution is -2.47. The van der Waals surface area contributed by atoms with Gasteiger partial charge in [0.1, 0.15) is 5.72 Å². The minimum atomic E-state index is -0.285. The molecule has 3 fully saturated rings. The molecule has 2 heterocycles. The predicted molar refractivity (Wildman–Crippen MR) is 60.7 cm³/mol. The molecule has 3 rings (SSSR count). The number of ether oxygens (including phenoxy) is 1. The van der Waals surface area contributed by atoms with Gasteiger partial charge in [-0.15, -0.1) is 0 Å². The summed E-state index contributed by atoms with van der Waals surface area (Å²) in [5.41, 5.74) is -0.285. The second kappa shape index (κ2) is 3.22. The van der Waals surface area contributed by atoms with Gasteiger partial charge in [-0.2, -0.15) is 0 Å². The first-order chi connectivity index (χ1) is 7.55. The first-order valence-electron chi connectivity index (χ1n) is 6.53. The number of amides is 1. The zero-order valence-corrected chi connectivity index (χ0v) is 10.4. The van der Waals surface area contributed by atoms with Gasteiger partial charge in [0, 0.05) is 11.8 Å². The van der Waals surface area contributed by atoms with Crippen molar-refractivity contribution in [2.24, 2.45) is 17.8 Å². The standard InChI is InChI=1S/C13H21NO2/c1-8(2)11-7-16-13(3)10-6-4-5-9(10)12(15)14(11)13/h8-11H,4-7H2,1-3H3/t9-,10+,11-,13-/m1/s1. The van der Waals surface area contributed by atoms with Crippen LogP contribution >= 0.6 is 0 Å². The summed E-state index contributed by atoms with van der Waals surface area (Å²) in [4.78, 5) is 14.5. The highest BCUT2D eigenvalue weighted by atomic mass is 16.5. The van der Waals surface area contributed by atoms with Crippen LogP contribution in [0, 0.1) is 17.8 Å². The molecule has 1 amide bonds. The lowest BCUT2D eigenvalue weighted by molar-refractivity contribution is -0.141. The van der Waals surface area contributed by atoms with Gasteiger partial charge in [-0.25, -0.2) is 0 Å². The second-order valence-corrected chi connectivity index (χ2v) is 6.03. The molecule has 0 N–H and O–H groups in total. The van der Waals surface area contributed by atoms with Gasteiger partial charge < -0.3 is 9.64 Å². The lowest BCUT2D eigenvalue weighted by atomic mass is 9.92. The van der Waals surface area contributed by atoms with Gasteiger partial charge in [-0.1, -0.05) is 20.3 Å². The third-order valence-electron chi connectivity index (χ3n) is 4.88. The van der Waals surface area contributed by atoms with Crippen molar-refractivity contribution < 1.29 is 9.53 Å². The molecule has 0 unspecified atom stereocenters. The van der Waals surface area contributed by atoms with Crippen molar-refractivity contribution in [2.75, 3.05) is 6.61 Å². The first-order valence-corrected chi connectivity index (χ1v) is 6.53. The molecule has 1 aliphatic carbocycles. The van der Waals surface area contributed by atoms with Crippen LogP contribution in [-0.4, -0.2) is 29.2 Å². The van der Waals surface area contributed by atoms with Crippen LogP contribution in [0.3, 0.4) is 0 Å². The van der Waals surface area contributed by atoms with Crippen molar-refractivity contribution >= 4 is 5.91 Å². The number of carbonyl (C=O) groups excluding carboxylic acids is 1. The summed E-state index contributed by atoms with van der Waals surface area (Å²) in [5.74, 6) is 1.56. The van der Waals surface area contributed by atoms with Gasteiger partial charge in [0.15, 0.2) is 0 Å². The van der Waals surface area contributed by atoms with E-state index in [2.05, 4.69) is 25.7 Å². The molecule has 2 aliphatic heterocycles. The van der Waals surface area contributed by atoms with Crippen molar-refractivity contribution in [3.8, 4) is 0 Å². The van der Waals surface area contributed by atoms with Crippen molar-refractivity contribution in [1.82, 2.24) is 4.90 Å². The zero-order valence-electron chi connectivity index (χ0n) is 10.4. The van der Waals surface area contributed by atoms with E-state index in [9.17, 15) is 4.79 Å². The van der Waals surface area contributed by atoms with E-state index in [1.165, 1.54) is 6.42 Å². The lowest BCUT2D eigenvalue weighted by Gasteiger charge is -2.34. The maximum Gasteiger partial charge on any atom is 0.228 e. The van der Waals surface area contributed by atoms with E-state index in [0.29, 0.717) is 23.8 Å². The largest absolute Gasteiger partial charge is 0.353 e. The first kappa shape index (κ1) is 10.6. The van der Waals surface area contributed by atoms with Gasteiger partial charge in [-0.3, -0.25) is 4.79 Å². The molecule has 0 aromatic rings. The van der Waals surface area contributed by atoms with Crippen molar-refractivity contribution in [2.45, 2.75) is 51.8 Å². The third kappa shape index (κ3) is 1.10. The molecule has 3 aliphatic rings. The normalized spacial score (nSPS) is 46.6. The average molecular weight is 223 g/mol. The topological polar surface area (TPSA) is 29.5 Å². The minimum Gasteiger partial charge on any atom is -0.353 e. The molecular weight excluding hydrogens is 202 g/mol. The summed E-state index contributed by atoms with van der Waals surface area (Å²) in [7, 11) is 0. The zero-order chi connectivity index (χ0) is 11.5. The van der Waals surface area contributed by atoms with Gasteiger partial charge in [0.25, 0.3) is 0 Å². The number of rotatable bonds is 1. The summed E-state index contributed by atoms with van der Waals surface area (Å²) < 4.78 is 6.03. The summed E-state index contributed by atoms with van der Waals surface area (Å²) >= 11 is 0. The molecule has 3 nitrogen and oxygen atoms in total. The number of nitrogens with zero attached hydrogens (tertiary/aromatic N) is 1. The van der Waals surface area contributed by atoms with Crippen LogP contribution < -0.4 is 0 Å². The van der Waals surface area contributed by atoms with Crippen molar-refractivity contribution in [1.29, 1.82) is 0 Å². The van der Waals surface area contributed by atoms with Crippen LogP contribution in [0.2, 0.25) is 0 Å². The number of hydrogen-bond donors (Lipinski definition) is 0. The Kier molecular flexibility index (Phi) is 2.13. The Morgan fingerprint density at radius 3 is 2.88 bits per heavy atom. The Balaban J connectivity index is 1.97. The van der Waals surface area contributed by atoms with Crippen LogP contribution in [-0.2, 0) is 9.53 Å². The van der Waals surface area contributed by atoms with Gasteiger partial charge in [0.05, 0.1) is 12.6 Å². The molecule has 3 heteroatoms. The van der Waals surface area contributed by atoms with E-state index < -0.39 is 0 Å². The van der Waals surface area contributed by atoms with E-state index in [1.807, 2.05) is 0 Å². The highest BCUT2D eigenvalue weighted by Crippen LogP contribution is 2.53. The van der Waals surface area contributed by atoms with Crippen molar-refractivity contribution in [3.63, 3.8) is 0 Å². The molecule has 0 bridgehead atoms. The second-order valence-electron chi connectivity index (χ2n) is 6.03. The molecule has 4 atom stereocenters. The Morgan fingerprint density at radius 2 is 2.19 bits per heavy atom. The molecule has 90 valence electrons. The third-order valence-corrected chi connectivity index (χ3v) is 4.88. The van der Waals surface area contributed by atoms with E-state index in [1.54, 1.807) is 0 Å². The highest BCUT2D eigenvalue weighted by Gasteiger charge is 2.63. The van der Waals surface area contributed by atoms with Crippen LogP contribution in [0.25, 0.3) is 0 Å². The number of fused-ring (bicyclic) bond motifs is 3.